The molecule has 1 aliphatic carbocycles. The number of nitrogens with zero attached hydrogens (tertiary/aromatic N) is 1. The van der Waals surface area contributed by atoms with Gasteiger partial charge in [0.15, 0.2) is 0 Å². The molecule has 152 valence electrons. The maximum Gasteiger partial charge on any atom is 0.326 e. The predicted molar refractivity (Wildman–Crippen MR) is 110 cm³/mol. The third-order valence-corrected chi connectivity index (χ3v) is 5.80. The minimum atomic E-state index is -0.429. The van der Waals surface area contributed by atoms with Crippen molar-refractivity contribution in [3.05, 3.63) is 58.3 Å². The van der Waals surface area contributed by atoms with E-state index < -0.39 is 5.82 Å². The molecule has 1 aliphatic rings. The number of hydrogen-bond acceptors (Lipinski definition) is 3. The fourth-order valence-electron chi connectivity index (χ4n) is 4.27. The van der Waals surface area contributed by atoms with Gasteiger partial charge in [-0.1, -0.05) is 6.07 Å². The molecule has 1 fully saturated rings. The van der Waals surface area contributed by atoms with Crippen LogP contribution in [0.2, 0.25) is 0 Å². The monoisotopic (exact) mass is 397 g/mol. The van der Waals surface area contributed by atoms with Gasteiger partial charge >= 0.3 is 5.69 Å². The molecule has 0 spiro atoms. The van der Waals surface area contributed by atoms with Gasteiger partial charge in [-0.2, -0.15) is 0 Å². The number of aromatic amines is 1. The van der Waals surface area contributed by atoms with E-state index in [0.29, 0.717) is 31.2 Å². The van der Waals surface area contributed by atoms with Crippen molar-refractivity contribution in [2.24, 2.45) is 5.92 Å². The van der Waals surface area contributed by atoms with Crippen LogP contribution in [0.15, 0.2) is 41.2 Å². The number of fused-ring (bicyclic) bond motifs is 1. The number of benzene rings is 2. The molecule has 0 radical (unpaired) electrons. The van der Waals surface area contributed by atoms with Crippen LogP contribution in [-0.4, -0.2) is 22.6 Å². The number of amides is 1. The van der Waals surface area contributed by atoms with Crippen molar-refractivity contribution in [3.8, 4) is 5.75 Å². The number of anilines is 1. The summed E-state index contributed by atoms with van der Waals surface area (Å²) >= 11 is 0. The maximum absolute atomic E-state index is 14.0. The van der Waals surface area contributed by atoms with Crippen molar-refractivity contribution in [3.63, 3.8) is 0 Å². The summed E-state index contributed by atoms with van der Waals surface area (Å²) in [6.45, 7) is 1.93. The number of imidazole rings is 1. The second kappa shape index (κ2) is 7.73. The summed E-state index contributed by atoms with van der Waals surface area (Å²) in [6, 6.07) is 10.2. The van der Waals surface area contributed by atoms with Gasteiger partial charge in [-0.15, -0.1) is 0 Å². The molecule has 0 aliphatic heterocycles. The quantitative estimate of drug-likeness (QED) is 0.694. The average molecular weight is 397 g/mol. The predicted octanol–water partition coefficient (Wildman–Crippen LogP) is 4.16. The standard InChI is InChI=1S/C22H24FN3O3/c1-13-12-15(8-11-19(13)29-2)24-21(27)14-6-9-16(10-7-14)26-18-5-3-4-17(23)20(18)25-22(26)28/h3-5,8,11-12,14,16H,6-7,9-10H2,1-2H3,(H,24,27)(H,25,28). The SMILES string of the molecule is COc1ccc(NC(=O)C2CCC(n3c(=O)[nH]c4c(F)cccc43)CC2)cc1C. The van der Waals surface area contributed by atoms with E-state index in [1.807, 2.05) is 25.1 Å². The Kier molecular flexibility index (Phi) is 5.13. The first-order chi connectivity index (χ1) is 14.0. The summed E-state index contributed by atoms with van der Waals surface area (Å²) < 4.78 is 20.8. The van der Waals surface area contributed by atoms with Gasteiger partial charge in [0.05, 0.1) is 12.6 Å². The molecular formula is C22H24FN3O3. The molecule has 0 bridgehead atoms. The van der Waals surface area contributed by atoms with Gasteiger partial charge in [0, 0.05) is 17.6 Å². The van der Waals surface area contributed by atoms with Crippen LogP contribution in [0.1, 0.15) is 37.3 Å². The molecule has 29 heavy (non-hydrogen) atoms. The van der Waals surface area contributed by atoms with Gasteiger partial charge < -0.3 is 15.0 Å². The highest BCUT2D eigenvalue weighted by atomic mass is 19.1. The minimum absolute atomic E-state index is 0.00895. The first-order valence-electron chi connectivity index (χ1n) is 9.82. The summed E-state index contributed by atoms with van der Waals surface area (Å²) in [5.74, 6) is 0.238. The lowest BCUT2D eigenvalue weighted by Gasteiger charge is -2.28. The molecule has 0 unspecified atom stereocenters. The molecule has 3 aromatic rings. The number of para-hydroxylation sites is 1. The highest BCUT2D eigenvalue weighted by Gasteiger charge is 2.29. The first kappa shape index (κ1) is 19.2. The Hall–Kier alpha value is -3.09. The molecule has 0 atom stereocenters. The number of methoxy groups -OCH3 is 1. The fourth-order valence-corrected chi connectivity index (χ4v) is 4.27. The van der Waals surface area contributed by atoms with E-state index in [0.717, 1.165) is 17.0 Å². The van der Waals surface area contributed by atoms with E-state index in [2.05, 4.69) is 10.3 Å². The summed E-state index contributed by atoms with van der Waals surface area (Å²) in [5, 5.41) is 2.98. The number of nitrogens with one attached hydrogen (secondary N) is 2. The molecule has 2 N–H and O–H groups in total. The van der Waals surface area contributed by atoms with Gasteiger partial charge in [-0.3, -0.25) is 9.36 Å². The van der Waals surface area contributed by atoms with Crippen LogP contribution in [-0.2, 0) is 4.79 Å². The van der Waals surface area contributed by atoms with Crippen molar-refractivity contribution >= 4 is 22.6 Å². The lowest BCUT2D eigenvalue weighted by atomic mass is 9.85. The Balaban J connectivity index is 1.44. The molecule has 1 saturated carbocycles. The molecule has 6 nitrogen and oxygen atoms in total. The Morgan fingerprint density at radius 3 is 2.66 bits per heavy atom. The zero-order valence-corrected chi connectivity index (χ0v) is 16.5. The number of rotatable bonds is 4. The number of aryl methyl sites for hydroxylation is 1. The normalized spacial score (nSPS) is 19.3. The molecule has 0 saturated heterocycles. The van der Waals surface area contributed by atoms with Gasteiger partial charge in [-0.05, 0) is 68.5 Å². The van der Waals surface area contributed by atoms with Crippen LogP contribution in [0.25, 0.3) is 11.0 Å². The van der Waals surface area contributed by atoms with Crippen molar-refractivity contribution in [2.45, 2.75) is 38.6 Å². The Labute approximate surface area is 167 Å². The summed E-state index contributed by atoms with van der Waals surface area (Å²) in [4.78, 5) is 27.7. The lowest BCUT2D eigenvalue weighted by Crippen LogP contribution is -2.31. The molecular weight excluding hydrogens is 373 g/mol. The molecule has 1 heterocycles. The molecule has 4 rings (SSSR count). The fraction of sp³-hybridized carbons (Fsp3) is 0.364. The Morgan fingerprint density at radius 2 is 1.97 bits per heavy atom. The second-order valence-corrected chi connectivity index (χ2v) is 7.61. The maximum atomic E-state index is 14.0. The Bertz CT molecular complexity index is 1110. The number of H-pyrrole nitrogens is 1. The molecule has 1 aromatic heterocycles. The van der Waals surface area contributed by atoms with Crippen LogP contribution in [0, 0.1) is 18.7 Å². The zero-order chi connectivity index (χ0) is 20.5. The average Bonchev–Trinajstić information content (AvgIpc) is 3.05. The van der Waals surface area contributed by atoms with Crippen LogP contribution in [0.4, 0.5) is 10.1 Å². The van der Waals surface area contributed by atoms with Gasteiger partial charge in [0.25, 0.3) is 0 Å². The topological polar surface area (TPSA) is 76.1 Å². The minimum Gasteiger partial charge on any atom is -0.496 e. The smallest absolute Gasteiger partial charge is 0.326 e. The van der Waals surface area contributed by atoms with Gasteiger partial charge in [0.1, 0.15) is 17.1 Å². The molecule has 2 aromatic carbocycles. The number of carbonyl (C=O) groups is 1. The van der Waals surface area contributed by atoms with E-state index in [9.17, 15) is 14.0 Å². The highest BCUT2D eigenvalue weighted by molar-refractivity contribution is 5.92. The van der Waals surface area contributed by atoms with Crippen LogP contribution in [0.5, 0.6) is 5.75 Å². The van der Waals surface area contributed by atoms with E-state index in [4.69, 9.17) is 4.74 Å². The van der Waals surface area contributed by atoms with Gasteiger partial charge in [-0.25, -0.2) is 9.18 Å². The van der Waals surface area contributed by atoms with E-state index >= 15 is 0 Å². The Morgan fingerprint density at radius 1 is 1.21 bits per heavy atom. The van der Waals surface area contributed by atoms with Crippen LogP contribution >= 0.6 is 0 Å². The second-order valence-electron chi connectivity index (χ2n) is 7.61. The zero-order valence-electron chi connectivity index (χ0n) is 16.5. The third-order valence-electron chi connectivity index (χ3n) is 5.80. The first-order valence-corrected chi connectivity index (χ1v) is 9.82. The van der Waals surface area contributed by atoms with Crippen LogP contribution in [0.3, 0.4) is 0 Å². The van der Waals surface area contributed by atoms with Crippen molar-refractivity contribution in [2.75, 3.05) is 12.4 Å². The van der Waals surface area contributed by atoms with E-state index in [1.165, 1.54) is 6.07 Å². The largest absolute Gasteiger partial charge is 0.496 e. The highest BCUT2D eigenvalue weighted by Crippen LogP contribution is 2.34. The summed E-state index contributed by atoms with van der Waals surface area (Å²) in [5.41, 5.74) is 2.23. The van der Waals surface area contributed by atoms with Crippen molar-refractivity contribution in [1.82, 2.24) is 9.55 Å². The van der Waals surface area contributed by atoms with Gasteiger partial charge in [0.2, 0.25) is 5.91 Å². The van der Waals surface area contributed by atoms with E-state index in [-0.39, 0.29) is 29.1 Å². The summed E-state index contributed by atoms with van der Waals surface area (Å²) in [7, 11) is 1.62. The van der Waals surface area contributed by atoms with Crippen molar-refractivity contribution in [1.29, 1.82) is 0 Å². The van der Waals surface area contributed by atoms with Crippen molar-refractivity contribution < 1.29 is 13.9 Å². The molecule has 7 heteroatoms. The number of hydrogen-bond donors (Lipinski definition) is 2. The number of aromatic nitrogens is 2. The summed E-state index contributed by atoms with van der Waals surface area (Å²) in [6.07, 6.45) is 2.76. The number of carbonyl (C=O) groups excluding carboxylic acids is 1. The van der Waals surface area contributed by atoms with Crippen LogP contribution < -0.4 is 15.7 Å². The number of ether oxygens (including phenoxy) is 1. The number of halogens is 1. The third kappa shape index (κ3) is 3.64. The van der Waals surface area contributed by atoms with E-state index in [1.54, 1.807) is 23.8 Å². The molecule has 1 amide bonds. The lowest BCUT2D eigenvalue weighted by molar-refractivity contribution is -0.121.